The lowest BCUT2D eigenvalue weighted by Crippen LogP contribution is -2.19. The van der Waals surface area contributed by atoms with Crippen LogP contribution in [-0.2, 0) is 0 Å². The highest BCUT2D eigenvalue weighted by molar-refractivity contribution is 5.92. The molecular weight excluding hydrogens is 558 g/mol. The highest BCUT2D eigenvalue weighted by Gasteiger charge is 2.42. The first kappa shape index (κ1) is 28.9. The number of fused-ring (bicyclic) bond motifs is 5. The van der Waals surface area contributed by atoms with Gasteiger partial charge < -0.3 is 9.32 Å². The second-order valence-electron chi connectivity index (χ2n) is 13.8. The second kappa shape index (κ2) is 11.7. The Morgan fingerprint density at radius 3 is 2.70 bits per heavy atom. The monoisotopic (exact) mass is 601 g/mol. The maximum Gasteiger partial charge on any atom is 0.135 e. The zero-order chi connectivity index (χ0) is 31.3. The van der Waals surface area contributed by atoms with E-state index in [-0.39, 0.29) is 5.41 Å². The van der Waals surface area contributed by atoms with Crippen LogP contribution < -0.4 is 4.90 Å². The van der Waals surface area contributed by atoms with Gasteiger partial charge in [-0.15, -0.1) is 0 Å². The molecule has 4 aliphatic carbocycles. The molecule has 0 spiro atoms. The SMILES string of the molecule is CC/C=C\c1cccc(N(C2=CCC(C)(C3=CCCC=C3)CC(c3ccccc3)=C2)c2ccc3oc4c(c3c2)[C@@H]2CC2C=C4)c1C. The predicted octanol–water partition coefficient (Wildman–Crippen LogP) is 12.5. The van der Waals surface area contributed by atoms with Gasteiger partial charge in [-0.2, -0.15) is 0 Å². The summed E-state index contributed by atoms with van der Waals surface area (Å²) in [6, 6.07) is 24.6. The van der Waals surface area contributed by atoms with Gasteiger partial charge >= 0.3 is 0 Å². The molecule has 2 unspecified atom stereocenters. The van der Waals surface area contributed by atoms with Gasteiger partial charge in [-0.25, -0.2) is 0 Å². The summed E-state index contributed by atoms with van der Waals surface area (Å²) in [5, 5.41) is 1.26. The minimum atomic E-state index is 0.00762. The molecule has 0 saturated heterocycles. The molecule has 0 radical (unpaired) electrons. The fourth-order valence-corrected chi connectivity index (χ4v) is 7.86. The summed E-state index contributed by atoms with van der Waals surface area (Å²) in [6.07, 6.45) is 27.7. The topological polar surface area (TPSA) is 16.4 Å². The van der Waals surface area contributed by atoms with E-state index in [0.717, 1.165) is 43.4 Å². The average molecular weight is 602 g/mol. The van der Waals surface area contributed by atoms with E-state index in [4.69, 9.17) is 4.42 Å². The van der Waals surface area contributed by atoms with Crippen LogP contribution in [0.4, 0.5) is 11.4 Å². The van der Waals surface area contributed by atoms with Crippen molar-refractivity contribution < 1.29 is 4.42 Å². The molecule has 4 aromatic rings. The fraction of sp³-hybridized carbons (Fsp3) is 0.273. The summed E-state index contributed by atoms with van der Waals surface area (Å²) in [7, 11) is 0. The first-order valence-electron chi connectivity index (χ1n) is 17.2. The third kappa shape index (κ3) is 5.14. The van der Waals surface area contributed by atoms with E-state index in [1.54, 1.807) is 0 Å². The van der Waals surface area contributed by atoms with E-state index >= 15 is 0 Å². The largest absolute Gasteiger partial charge is 0.456 e. The molecule has 0 amide bonds. The maximum absolute atomic E-state index is 6.40. The quantitative estimate of drug-likeness (QED) is 0.209. The number of hydrogen-bond acceptors (Lipinski definition) is 2. The van der Waals surface area contributed by atoms with Crippen LogP contribution in [0.2, 0.25) is 0 Å². The highest BCUT2D eigenvalue weighted by atomic mass is 16.3. The molecule has 1 aromatic heterocycles. The molecule has 230 valence electrons. The summed E-state index contributed by atoms with van der Waals surface area (Å²) in [6.45, 7) is 6.93. The third-order valence-electron chi connectivity index (χ3n) is 10.6. The Morgan fingerprint density at radius 1 is 0.978 bits per heavy atom. The van der Waals surface area contributed by atoms with Crippen LogP contribution in [0.25, 0.3) is 28.7 Å². The first-order valence-corrected chi connectivity index (χ1v) is 17.2. The van der Waals surface area contributed by atoms with Crippen LogP contribution in [-0.4, -0.2) is 0 Å². The van der Waals surface area contributed by atoms with Gasteiger partial charge in [-0.1, -0.05) is 98.8 Å². The number of allylic oxidation sites excluding steroid dienone is 9. The average Bonchev–Trinajstić information content (AvgIpc) is 3.83. The molecule has 2 heteroatoms. The summed E-state index contributed by atoms with van der Waals surface area (Å²) in [4.78, 5) is 2.51. The normalized spacial score (nSPS) is 23.4. The minimum Gasteiger partial charge on any atom is -0.456 e. The summed E-state index contributed by atoms with van der Waals surface area (Å²) in [5.74, 6) is 2.30. The van der Waals surface area contributed by atoms with E-state index in [1.165, 1.54) is 62.3 Å². The van der Waals surface area contributed by atoms with E-state index in [2.05, 4.69) is 147 Å². The lowest BCUT2D eigenvalue weighted by atomic mass is 9.72. The number of benzene rings is 3. The van der Waals surface area contributed by atoms with Crippen molar-refractivity contribution in [1.29, 1.82) is 0 Å². The van der Waals surface area contributed by atoms with Gasteiger partial charge in [0.1, 0.15) is 11.3 Å². The standard InChI is InChI=1S/C44H43NO/c1-4-5-13-31-16-12-19-40(30(31)2)45(36-21-23-41-39(28-36)43-38-27-33(38)20-22-42(43)46-41)37-24-25-44(3,35-17-10-7-11-18-35)29-34(26-37)32-14-8-6-9-15-32/h5-6,8-10,12-24,26,28,33,38H,4,7,11,25,27,29H2,1-3H3/b13-5-/t33?,38-,44?/m1/s1. The highest BCUT2D eigenvalue weighted by Crippen LogP contribution is 2.56. The van der Waals surface area contributed by atoms with E-state index in [1.807, 2.05) is 0 Å². The Bertz CT molecular complexity index is 1990. The summed E-state index contributed by atoms with van der Waals surface area (Å²) in [5.41, 5.74) is 12.7. The van der Waals surface area contributed by atoms with Gasteiger partial charge in [-0.3, -0.25) is 0 Å². The predicted molar refractivity (Wildman–Crippen MR) is 195 cm³/mol. The van der Waals surface area contributed by atoms with Gasteiger partial charge in [-0.05, 0) is 127 Å². The van der Waals surface area contributed by atoms with E-state index in [0.29, 0.717) is 11.8 Å². The number of rotatable bonds is 7. The number of nitrogens with zero attached hydrogens (tertiary/aromatic N) is 1. The molecule has 0 N–H and O–H groups in total. The molecule has 46 heavy (non-hydrogen) atoms. The van der Waals surface area contributed by atoms with Crippen LogP contribution in [0.1, 0.15) is 86.3 Å². The van der Waals surface area contributed by atoms with Gasteiger partial charge in [0.05, 0.1) is 0 Å². The maximum atomic E-state index is 6.40. The van der Waals surface area contributed by atoms with Gasteiger partial charge in [0.15, 0.2) is 0 Å². The third-order valence-corrected chi connectivity index (χ3v) is 10.6. The molecule has 3 atom stereocenters. The van der Waals surface area contributed by atoms with E-state index < -0.39 is 0 Å². The Kier molecular flexibility index (Phi) is 7.32. The fourth-order valence-electron chi connectivity index (χ4n) is 7.86. The van der Waals surface area contributed by atoms with E-state index in [9.17, 15) is 0 Å². The second-order valence-corrected chi connectivity index (χ2v) is 13.8. The van der Waals surface area contributed by atoms with Gasteiger partial charge in [0, 0.05) is 28.0 Å². The summed E-state index contributed by atoms with van der Waals surface area (Å²) >= 11 is 0. The zero-order valence-electron chi connectivity index (χ0n) is 27.3. The van der Waals surface area contributed by atoms with Gasteiger partial charge in [0.25, 0.3) is 0 Å². The molecule has 1 heterocycles. The molecule has 4 aliphatic rings. The zero-order valence-corrected chi connectivity index (χ0v) is 27.3. The molecule has 3 aromatic carbocycles. The molecule has 0 bridgehead atoms. The molecule has 0 aliphatic heterocycles. The van der Waals surface area contributed by atoms with Crippen molar-refractivity contribution in [3.8, 4) is 0 Å². The Balaban J connectivity index is 1.33. The first-order chi connectivity index (χ1) is 22.5. The van der Waals surface area contributed by atoms with Crippen LogP contribution in [0, 0.1) is 18.3 Å². The van der Waals surface area contributed by atoms with Crippen molar-refractivity contribution >= 4 is 40.1 Å². The molecule has 2 nitrogen and oxygen atoms in total. The van der Waals surface area contributed by atoms with Gasteiger partial charge in [0.2, 0.25) is 0 Å². The number of hydrogen-bond donors (Lipinski definition) is 0. The Hall–Kier alpha value is -4.56. The van der Waals surface area contributed by atoms with Crippen molar-refractivity contribution in [2.45, 2.75) is 65.2 Å². The lowest BCUT2D eigenvalue weighted by molar-refractivity contribution is 0.423. The van der Waals surface area contributed by atoms with Crippen LogP contribution in [0.3, 0.4) is 0 Å². The Morgan fingerprint density at radius 2 is 1.87 bits per heavy atom. The van der Waals surface area contributed by atoms with Crippen molar-refractivity contribution in [2.75, 3.05) is 4.90 Å². The smallest absolute Gasteiger partial charge is 0.135 e. The van der Waals surface area contributed by atoms with Crippen LogP contribution >= 0.6 is 0 Å². The number of furan rings is 1. The number of anilines is 2. The van der Waals surface area contributed by atoms with Crippen LogP contribution in [0.5, 0.6) is 0 Å². The minimum absolute atomic E-state index is 0.00762. The Labute approximate surface area is 273 Å². The molecule has 1 fully saturated rings. The van der Waals surface area contributed by atoms with Crippen LogP contribution in [0.15, 0.2) is 125 Å². The molecule has 1 saturated carbocycles. The van der Waals surface area contributed by atoms with Crippen molar-refractivity contribution in [2.24, 2.45) is 11.3 Å². The van der Waals surface area contributed by atoms with Crippen molar-refractivity contribution in [1.82, 2.24) is 0 Å². The molecule has 8 rings (SSSR count). The van der Waals surface area contributed by atoms with Crippen molar-refractivity contribution in [3.63, 3.8) is 0 Å². The summed E-state index contributed by atoms with van der Waals surface area (Å²) < 4.78 is 6.40. The molecular formula is C44H43NO. The van der Waals surface area contributed by atoms with Crippen molar-refractivity contribution in [3.05, 3.63) is 149 Å². The lowest BCUT2D eigenvalue weighted by Gasteiger charge is -2.32.